The monoisotopic (exact) mass is 372 g/mol. The SMILES string of the molecule is CC(C)(CCC(C)(C)OO)OO.CC(C)(O)c1cccc(C(C)(C)O)c1. The highest BCUT2D eigenvalue weighted by molar-refractivity contribution is 5.30. The summed E-state index contributed by atoms with van der Waals surface area (Å²) >= 11 is 0. The van der Waals surface area contributed by atoms with Crippen LogP contribution in [0.25, 0.3) is 0 Å². The van der Waals surface area contributed by atoms with Crippen molar-refractivity contribution >= 4 is 0 Å². The fourth-order valence-corrected chi connectivity index (χ4v) is 1.97. The molecule has 0 spiro atoms. The summed E-state index contributed by atoms with van der Waals surface area (Å²) in [7, 11) is 0. The van der Waals surface area contributed by atoms with Crippen LogP contribution < -0.4 is 0 Å². The molecule has 0 amide bonds. The van der Waals surface area contributed by atoms with Gasteiger partial charge < -0.3 is 10.2 Å². The molecule has 6 heteroatoms. The predicted molar refractivity (Wildman–Crippen MR) is 102 cm³/mol. The van der Waals surface area contributed by atoms with Crippen LogP contribution in [-0.2, 0) is 21.0 Å². The van der Waals surface area contributed by atoms with Gasteiger partial charge in [0.25, 0.3) is 0 Å². The molecular formula is C20H36O6. The zero-order valence-electron chi connectivity index (χ0n) is 17.3. The average molecular weight is 373 g/mol. The number of hydrogen-bond donors (Lipinski definition) is 4. The second kappa shape index (κ2) is 9.26. The van der Waals surface area contributed by atoms with Gasteiger partial charge in [0.1, 0.15) is 0 Å². The number of hydrogen-bond acceptors (Lipinski definition) is 6. The summed E-state index contributed by atoms with van der Waals surface area (Å²) in [5, 5.41) is 36.5. The molecule has 0 aromatic heterocycles. The molecule has 0 atom stereocenters. The molecule has 0 aliphatic carbocycles. The van der Waals surface area contributed by atoms with E-state index in [2.05, 4.69) is 9.78 Å². The van der Waals surface area contributed by atoms with Crippen molar-refractivity contribution in [3.8, 4) is 0 Å². The number of benzene rings is 1. The van der Waals surface area contributed by atoms with Crippen molar-refractivity contribution in [1.82, 2.24) is 0 Å². The van der Waals surface area contributed by atoms with Crippen molar-refractivity contribution in [1.29, 1.82) is 0 Å². The van der Waals surface area contributed by atoms with Gasteiger partial charge in [0, 0.05) is 0 Å². The standard InChI is InChI=1S/C12H18O2.C8H18O4/c1-11(2,13)9-6-5-7-10(8-9)12(3,4)14;1-7(2,11-9)5-6-8(3,4)12-10/h5-8,13-14H,1-4H3;9-10H,5-6H2,1-4H3. The van der Waals surface area contributed by atoms with E-state index in [-0.39, 0.29) is 0 Å². The number of rotatable bonds is 7. The summed E-state index contributed by atoms with van der Waals surface area (Å²) < 4.78 is 0. The van der Waals surface area contributed by atoms with E-state index in [9.17, 15) is 10.2 Å². The third kappa shape index (κ3) is 9.62. The van der Waals surface area contributed by atoms with Crippen LogP contribution in [0.5, 0.6) is 0 Å². The lowest BCUT2D eigenvalue weighted by Crippen LogP contribution is -2.30. The molecule has 152 valence electrons. The third-order valence-corrected chi connectivity index (χ3v) is 4.10. The first-order valence-electron chi connectivity index (χ1n) is 8.75. The van der Waals surface area contributed by atoms with E-state index >= 15 is 0 Å². The van der Waals surface area contributed by atoms with E-state index in [1.807, 2.05) is 24.3 Å². The Balaban J connectivity index is 0.000000488. The van der Waals surface area contributed by atoms with Crippen LogP contribution in [0.15, 0.2) is 24.3 Å². The zero-order valence-corrected chi connectivity index (χ0v) is 17.3. The van der Waals surface area contributed by atoms with Crippen LogP contribution in [-0.4, -0.2) is 31.9 Å². The molecular weight excluding hydrogens is 336 g/mol. The third-order valence-electron chi connectivity index (χ3n) is 4.10. The normalized spacial score (nSPS) is 13.2. The minimum absolute atomic E-state index is 0.587. The molecule has 1 rings (SSSR count). The van der Waals surface area contributed by atoms with Crippen molar-refractivity contribution in [2.45, 2.75) is 90.6 Å². The van der Waals surface area contributed by atoms with E-state index in [0.29, 0.717) is 12.8 Å². The van der Waals surface area contributed by atoms with Gasteiger partial charge in [-0.05, 0) is 79.4 Å². The Kier molecular flexibility index (Phi) is 8.90. The van der Waals surface area contributed by atoms with Crippen molar-refractivity contribution < 1.29 is 30.5 Å². The van der Waals surface area contributed by atoms with Crippen LogP contribution in [0, 0.1) is 0 Å². The van der Waals surface area contributed by atoms with Crippen LogP contribution in [0.4, 0.5) is 0 Å². The first-order chi connectivity index (χ1) is 11.5. The summed E-state index contributed by atoms with van der Waals surface area (Å²) in [5.41, 5.74) is -1.26. The molecule has 0 bridgehead atoms. The van der Waals surface area contributed by atoms with Crippen molar-refractivity contribution in [2.24, 2.45) is 0 Å². The van der Waals surface area contributed by atoms with Gasteiger partial charge in [-0.1, -0.05) is 24.3 Å². The Bertz CT molecular complexity index is 493. The Morgan fingerprint density at radius 2 is 1.00 bits per heavy atom. The van der Waals surface area contributed by atoms with Gasteiger partial charge in [-0.25, -0.2) is 9.78 Å². The topological polar surface area (TPSA) is 99.4 Å². The van der Waals surface area contributed by atoms with Crippen LogP contribution in [0.2, 0.25) is 0 Å². The minimum atomic E-state index is -0.860. The van der Waals surface area contributed by atoms with Crippen molar-refractivity contribution in [3.63, 3.8) is 0 Å². The smallest absolute Gasteiger partial charge is 0.0978 e. The van der Waals surface area contributed by atoms with Crippen molar-refractivity contribution in [3.05, 3.63) is 35.4 Å². The molecule has 6 nitrogen and oxygen atoms in total. The Hall–Kier alpha value is -1.02. The molecule has 26 heavy (non-hydrogen) atoms. The molecule has 4 N–H and O–H groups in total. The predicted octanol–water partition coefficient (Wildman–Crippen LogP) is 4.44. The lowest BCUT2D eigenvalue weighted by atomic mass is 9.91. The molecule has 0 fully saturated rings. The van der Waals surface area contributed by atoms with Crippen LogP contribution in [0.1, 0.15) is 79.4 Å². The Morgan fingerprint density at radius 1 is 0.692 bits per heavy atom. The zero-order chi connectivity index (χ0) is 20.8. The first kappa shape index (κ1) is 25.0. The quantitative estimate of drug-likeness (QED) is 0.417. The van der Waals surface area contributed by atoms with Crippen LogP contribution >= 0.6 is 0 Å². The summed E-state index contributed by atoms with van der Waals surface area (Å²) in [6.45, 7) is 14.0. The Morgan fingerprint density at radius 3 is 1.23 bits per heavy atom. The summed E-state index contributed by atoms with van der Waals surface area (Å²) in [6.07, 6.45) is 1.22. The van der Waals surface area contributed by atoms with Crippen molar-refractivity contribution in [2.75, 3.05) is 0 Å². The van der Waals surface area contributed by atoms with Gasteiger partial charge in [0.05, 0.1) is 22.4 Å². The maximum atomic E-state index is 9.80. The van der Waals surface area contributed by atoms with E-state index in [1.54, 1.807) is 55.4 Å². The molecule has 0 saturated carbocycles. The van der Waals surface area contributed by atoms with Gasteiger partial charge in [-0.2, -0.15) is 0 Å². The van der Waals surface area contributed by atoms with E-state index in [0.717, 1.165) is 11.1 Å². The second-order valence-electron chi connectivity index (χ2n) is 8.90. The summed E-state index contributed by atoms with van der Waals surface area (Å²) in [4.78, 5) is 8.48. The minimum Gasteiger partial charge on any atom is -0.386 e. The molecule has 1 aromatic carbocycles. The molecule has 0 aliphatic heterocycles. The molecule has 0 heterocycles. The number of aliphatic hydroxyl groups is 2. The van der Waals surface area contributed by atoms with Gasteiger partial charge in [-0.15, -0.1) is 0 Å². The fraction of sp³-hybridized carbons (Fsp3) is 0.700. The second-order valence-corrected chi connectivity index (χ2v) is 8.90. The first-order valence-corrected chi connectivity index (χ1v) is 8.75. The lowest BCUT2D eigenvalue weighted by molar-refractivity contribution is -0.331. The molecule has 0 saturated heterocycles. The average Bonchev–Trinajstić information content (AvgIpc) is 2.52. The molecule has 0 aliphatic rings. The maximum Gasteiger partial charge on any atom is 0.0978 e. The summed E-state index contributed by atoms with van der Waals surface area (Å²) in [5.74, 6) is 0. The molecule has 0 radical (unpaired) electrons. The van der Waals surface area contributed by atoms with Gasteiger partial charge in [0.15, 0.2) is 0 Å². The van der Waals surface area contributed by atoms with Gasteiger partial charge in [0.2, 0.25) is 0 Å². The molecule has 1 aromatic rings. The van der Waals surface area contributed by atoms with E-state index in [4.69, 9.17) is 10.5 Å². The van der Waals surface area contributed by atoms with Crippen LogP contribution in [0.3, 0.4) is 0 Å². The lowest BCUT2D eigenvalue weighted by Gasteiger charge is -2.26. The fourth-order valence-electron chi connectivity index (χ4n) is 1.97. The molecule has 0 unspecified atom stereocenters. The Labute approximate surface area is 157 Å². The van der Waals surface area contributed by atoms with E-state index in [1.165, 1.54) is 0 Å². The maximum absolute atomic E-state index is 9.80. The summed E-state index contributed by atoms with van der Waals surface area (Å²) in [6, 6.07) is 7.39. The van der Waals surface area contributed by atoms with E-state index < -0.39 is 22.4 Å². The highest BCUT2D eigenvalue weighted by atomic mass is 17.1. The largest absolute Gasteiger partial charge is 0.386 e. The van der Waals surface area contributed by atoms with Gasteiger partial charge in [-0.3, -0.25) is 10.5 Å². The highest BCUT2D eigenvalue weighted by Gasteiger charge is 2.26. The highest BCUT2D eigenvalue weighted by Crippen LogP contribution is 2.26. The van der Waals surface area contributed by atoms with Gasteiger partial charge >= 0.3 is 0 Å².